The van der Waals surface area contributed by atoms with E-state index in [1.54, 1.807) is 0 Å². The Bertz CT molecular complexity index is 650. The highest BCUT2D eigenvalue weighted by Gasteiger charge is 2.35. The van der Waals surface area contributed by atoms with Crippen LogP contribution in [0.25, 0.3) is 10.9 Å². The number of para-hydroxylation sites is 1. The molecule has 2 aromatic rings. The average Bonchev–Trinajstić information content (AvgIpc) is 2.85. The van der Waals surface area contributed by atoms with Crippen LogP contribution in [0.1, 0.15) is 38.7 Å². The summed E-state index contributed by atoms with van der Waals surface area (Å²) in [5.41, 5.74) is 4.11. The molecule has 20 heavy (non-hydrogen) atoms. The molecule has 1 heterocycles. The van der Waals surface area contributed by atoms with Crippen molar-refractivity contribution < 1.29 is 5.11 Å². The molecule has 2 atom stereocenters. The largest absolute Gasteiger partial charge is 0.396 e. The molecule has 0 radical (unpaired) electrons. The second-order valence-corrected chi connectivity index (χ2v) is 6.70. The van der Waals surface area contributed by atoms with Gasteiger partial charge in [0.1, 0.15) is 0 Å². The highest BCUT2D eigenvalue weighted by atomic mass is 16.3. The van der Waals surface area contributed by atoms with Crippen molar-refractivity contribution in [3.8, 4) is 0 Å². The van der Waals surface area contributed by atoms with Crippen LogP contribution in [0.15, 0.2) is 42.1 Å². The van der Waals surface area contributed by atoms with Gasteiger partial charge in [0.25, 0.3) is 0 Å². The van der Waals surface area contributed by atoms with E-state index in [4.69, 9.17) is 0 Å². The van der Waals surface area contributed by atoms with Crippen LogP contribution in [-0.4, -0.2) is 16.7 Å². The van der Waals surface area contributed by atoms with Crippen molar-refractivity contribution >= 4 is 10.9 Å². The molecule has 106 valence electrons. The van der Waals surface area contributed by atoms with Crippen molar-refractivity contribution in [1.82, 2.24) is 4.98 Å². The number of hydrogen-bond donors (Lipinski definition) is 2. The van der Waals surface area contributed by atoms with Crippen molar-refractivity contribution in [2.24, 2.45) is 11.3 Å². The maximum Gasteiger partial charge on any atom is 0.0468 e. The lowest BCUT2D eigenvalue weighted by Crippen LogP contribution is -2.29. The van der Waals surface area contributed by atoms with Gasteiger partial charge in [0.2, 0.25) is 0 Å². The molecule has 0 saturated carbocycles. The standard InChI is InChI=1S/C18H23NO/c1-12-8-15(13(11-20)9-18(12,2)3)16-10-19-17-7-5-4-6-14(16)17/h4-8,10,13,15,19-20H,9,11H2,1-3H3/t13-,15+/m0/s1. The molecule has 2 nitrogen and oxygen atoms in total. The molecule has 0 saturated heterocycles. The fraction of sp³-hybridized carbons (Fsp3) is 0.444. The molecule has 1 aromatic carbocycles. The maximum atomic E-state index is 9.81. The second kappa shape index (κ2) is 4.78. The monoisotopic (exact) mass is 269 g/mol. The summed E-state index contributed by atoms with van der Waals surface area (Å²) >= 11 is 0. The summed E-state index contributed by atoms with van der Waals surface area (Å²) in [7, 11) is 0. The number of aromatic nitrogens is 1. The number of allylic oxidation sites excluding steroid dienone is 2. The van der Waals surface area contributed by atoms with Gasteiger partial charge in [-0.3, -0.25) is 0 Å². The van der Waals surface area contributed by atoms with Gasteiger partial charge in [0.15, 0.2) is 0 Å². The molecule has 0 unspecified atom stereocenters. The van der Waals surface area contributed by atoms with E-state index in [0.717, 1.165) is 6.42 Å². The summed E-state index contributed by atoms with van der Waals surface area (Å²) < 4.78 is 0. The number of H-pyrrole nitrogens is 1. The highest BCUT2D eigenvalue weighted by molar-refractivity contribution is 5.84. The smallest absolute Gasteiger partial charge is 0.0468 e. The van der Waals surface area contributed by atoms with Gasteiger partial charge in [-0.1, -0.05) is 43.7 Å². The molecule has 0 amide bonds. The van der Waals surface area contributed by atoms with E-state index >= 15 is 0 Å². The predicted octanol–water partition coefficient (Wildman–Crippen LogP) is 4.24. The number of aromatic amines is 1. The van der Waals surface area contributed by atoms with Gasteiger partial charge in [-0.2, -0.15) is 0 Å². The van der Waals surface area contributed by atoms with Crippen LogP contribution < -0.4 is 0 Å². The van der Waals surface area contributed by atoms with E-state index in [1.165, 1.54) is 22.0 Å². The Balaban J connectivity index is 2.10. The number of nitrogens with one attached hydrogen (secondary N) is 1. The fourth-order valence-corrected chi connectivity index (χ4v) is 3.47. The zero-order valence-electron chi connectivity index (χ0n) is 12.5. The van der Waals surface area contributed by atoms with Crippen molar-refractivity contribution in [1.29, 1.82) is 0 Å². The Kier molecular flexibility index (Phi) is 3.21. The van der Waals surface area contributed by atoms with E-state index in [2.05, 4.69) is 62.3 Å². The molecule has 0 fully saturated rings. The summed E-state index contributed by atoms with van der Waals surface area (Å²) in [5.74, 6) is 0.608. The third kappa shape index (κ3) is 2.08. The normalized spacial score (nSPS) is 25.7. The first-order valence-corrected chi connectivity index (χ1v) is 7.38. The third-order valence-electron chi connectivity index (χ3n) is 4.99. The molecular weight excluding hydrogens is 246 g/mol. The number of rotatable bonds is 2. The minimum Gasteiger partial charge on any atom is -0.396 e. The summed E-state index contributed by atoms with van der Waals surface area (Å²) in [5, 5.41) is 11.1. The molecule has 3 rings (SSSR count). The van der Waals surface area contributed by atoms with Gasteiger partial charge >= 0.3 is 0 Å². The summed E-state index contributed by atoms with van der Waals surface area (Å²) in [6.45, 7) is 7.01. The van der Waals surface area contributed by atoms with Gasteiger partial charge < -0.3 is 10.1 Å². The number of aliphatic hydroxyl groups is 1. The Morgan fingerprint density at radius 2 is 2.05 bits per heavy atom. The first-order valence-electron chi connectivity index (χ1n) is 7.38. The molecular formula is C18H23NO. The quantitative estimate of drug-likeness (QED) is 0.786. The average molecular weight is 269 g/mol. The molecule has 0 spiro atoms. The second-order valence-electron chi connectivity index (χ2n) is 6.70. The lowest BCUT2D eigenvalue weighted by atomic mass is 9.66. The van der Waals surface area contributed by atoms with Crippen molar-refractivity contribution in [3.05, 3.63) is 47.7 Å². The van der Waals surface area contributed by atoms with E-state index in [9.17, 15) is 5.11 Å². The van der Waals surface area contributed by atoms with E-state index in [0.29, 0.717) is 11.8 Å². The van der Waals surface area contributed by atoms with Crippen LogP contribution in [0.5, 0.6) is 0 Å². The Morgan fingerprint density at radius 1 is 1.30 bits per heavy atom. The van der Waals surface area contributed by atoms with Crippen LogP contribution in [0, 0.1) is 11.3 Å². The predicted molar refractivity (Wildman–Crippen MR) is 83.8 cm³/mol. The van der Waals surface area contributed by atoms with Crippen LogP contribution in [-0.2, 0) is 0 Å². The van der Waals surface area contributed by atoms with Crippen LogP contribution in [0.4, 0.5) is 0 Å². The fourth-order valence-electron chi connectivity index (χ4n) is 3.47. The van der Waals surface area contributed by atoms with E-state index in [1.807, 2.05) is 0 Å². The minimum atomic E-state index is 0.190. The highest BCUT2D eigenvalue weighted by Crippen LogP contribution is 2.46. The number of hydrogen-bond acceptors (Lipinski definition) is 1. The number of fused-ring (bicyclic) bond motifs is 1. The van der Waals surface area contributed by atoms with Gasteiger partial charge in [0.05, 0.1) is 0 Å². The van der Waals surface area contributed by atoms with Crippen LogP contribution >= 0.6 is 0 Å². The number of aliphatic hydroxyl groups excluding tert-OH is 1. The molecule has 2 N–H and O–H groups in total. The zero-order chi connectivity index (χ0) is 14.3. The molecule has 0 aliphatic heterocycles. The Labute approximate surface area is 120 Å². The van der Waals surface area contributed by atoms with E-state index < -0.39 is 0 Å². The minimum absolute atomic E-state index is 0.190. The maximum absolute atomic E-state index is 9.81. The first-order chi connectivity index (χ1) is 9.53. The molecule has 2 heteroatoms. The molecule has 0 bridgehead atoms. The van der Waals surface area contributed by atoms with Crippen molar-refractivity contribution in [3.63, 3.8) is 0 Å². The topological polar surface area (TPSA) is 36.0 Å². The van der Waals surface area contributed by atoms with Crippen LogP contribution in [0.3, 0.4) is 0 Å². The number of benzene rings is 1. The Hall–Kier alpha value is -1.54. The molecule has 1 aromatic heterocycles. The zero-order valence-corrected chi connectivity index (χ0v) is 12.5. The third-order valence-corrected chi connectivity index (χ3v) is 4.99. The Morgan fingerprint density at radius 3 is 2.80 bits per heavy atom. The van der Waals surface area contributed by atoms with Crippen molar-refractivity contribution in [2.75, 3.05) is 6.61 Å². The summed E-state index contributed by atoms with van der Waals surface area (Å²) in [4.78, 5) is 3.35. The SMILES string of the molecule is CC1=C[C@@H](c2c[nH]c3ccccc23)[C@H](CO)CC1(C)C. The lowest BCUT2D eigenvalue weighted by molar-refractivity contribution is 0.163. The van der Waals surface area contributed by atoms with Crippen molar-refractivity contribution in [2.45, 2.75) is 33.1 Å². The lowest BCUT2D eigenvalue weighted by Gasteiger charge is -2.39. The van der Waals surface area contributed by atoms with Gasteiger partial charge in [-0.15, -0.1) is 0 Å². The van der Waals surface area contributed by atoms with Crippen LogP contribution in [0.2, 0.25) is 0 Å². The molecule has 1 aliphatic rings. The summed E-state index contributed by atoms with van der Waals surface area (Å²) in [6, 6.07) is 8.41. The van der Waals surface area contributed by atoms with E-state index in [-0.39, 0.29) is 12.0 Å². The first kappa shape index (κ1) is 13.4. The van der Waals surface area contributed by atoms with Gasteiger partial charge in [-0.05, 0) is 36.3 Å². The van der Waals surface area contributed by atoms with Gasteiger partial charge in [0, 0.05) is 29.6 Å². The van der Waals surface area contributed by atoms with Gasteiger partial charge in [-0.25, -0.2) is 0 Å². The summed E-state index contributed by atoms with van der Waals surface area (Å²) in [6.07, 6.45) is 5.51. The molecule has 1 aliphatic carbocycles.